The molecule has 4 aromatic rings. The van der Waals surface area contributed by atoms with Crippen LogP contribution in [0.1, 0.15) is 29.8 Å². The Labute approximate surface area is 160 Å². The summed E-state index contributed by atoms with van der Waals surface area (Å²) in [6, 6.07) is 10.5. The zero-order chi connectivity index (χ0) is 19.0. The third-order valence-corrected chi connectivity index (χ3v) is 5.71. The molecular formula is C20H19N5OS. The number of phenols is 1. The molecule has 0 aliphatic carbocycles. The molecule has 0 saturated carbocycles. The van der Waals surface area contributed by atoms with Crippen molar-refractivity contribution < 1.29 is 5.11 Å². The minimum Gasteiger partial charge on any atom is -0.508 e. The summed E-state index contributed by atoms with van der Waals surface area (Å²) in [5, 5.41) is 10.8. The van der Waals surface area contributed by atoms with Crippen molar-refractivity contribution in [2.24, 2.45) is 5.73 Å². The molecule has 0 amide bonds. The Morgan fingerprint density at radius 2 is 2.04 bits per heavy atom. The molecular weight excluding hydrogens is 358 g/mol. The summed E-state index contributed by atoms with van der Waals surface area (Å²) in [6.45, 7) is 2.12. The number of nitrogens with two attached hydrogens (primary N) is 2. The molecule has 136 valence electrons. The van der Waals surface area contributed by atoms with Crippen molar-refractivity contribution in [3.8, 4) is 16.3 Å². The number of hydrogen-bond donors (Lipinski definition) is 3. The number of nitrogen functional groups attached to an aromatic ring is 1. The fourth-order valence-corrected chi connectivity index (χ4v) is 4.40. The topological polar surface area (TPSA) is 111 Å². The second kappa shape index (κ2) is 6.94. The van der Waals surface area contributed by atoms with E-state index in [0.29, 0.717) is 0 Å². The highest BCUT2D eigenvalue weighted by Crippen LogP contribution is 2.39. The third kappa shape index (κ3) is 3.22. The van der Waals surface area contributed by atoms with Gasteiger partial charge >= 0.3 is 0 Å². The van der Waals surface area contributed by atoms with Gasteiger partial charge in [0.25, 0.3) is 0 Å². The number of anilines is 1. The van der Waals surface area contributed by atoms with Crippen LogP contribution in [0, 0.1) is 0 Å². The van der Waals surface area contributed by atoms with Crippen LogP contribution in [-0.4, -0.2) is 20.1 Å². The van der Waals surface area contributed by atoms with E-state index in [2.05, 4.69) is 21.9 Å². The minimum absolute atomic E-state index is 0.192. The van der Waals surface area contributed by atoms with Crippen molar-refractivity contribution in [2.45, 2.75) is 19.4 Å². The van der Waals surface area contributed by atoms with Gasteiger partial charge in [0.1, 0.15) is 5.75 Å². The van der Waals surface area contributed by atoms with Crippen LogP contribution in [0.5, 0.6) is 5.75 Å². The van der Waals surface area contributed by atoms with Gasteiger partial charge in [-0.05, 0) is 47.2 Å². The number of phenolic OH excluding ortho intramolecular Hbond substituents is 1. The average Bonchev–Trinajstić information content (AvgIpc) is 3.05. The second-order valence-electron chi connectivity index (χ2n) is 6.24. The zero-order valence-electron chi connectivity index (χ0n) is 14.8. The number of aromatic hydroxyl groups is 1. The molecule has 1 aromatic carbocycles. The van der Waals surface area contributed by atoms with E-state index < -0.39 is 6.04 Å². The van der Waals surface area contributed by atoms with Gasteiger partial charge in [-0.25, -0.2) is 9.97 Å². The van der Waals surface area contributed by atoms with Gasteiger partial charge in [-0.1, -0.05) is 19.1 Å². The van der Waals surface area contributed by atoms with Gasteiger partial charge < -0.3 is 16.6 Å². The van der Waals surface area contributed by atoms with E-state index >= 15 is 0 Å². The normalized spacial score (nSPS) is 12.4. The SMILES string of the molecule is CCc1c(-c2ccnc(N)n2)sc2cnc(C(N)c3cccc(O)c3)cc12. The molecule has 3 aromatic heterocycles. The predicted octanol–water partition coefficient (Wildman–Crippen LogP) is 3.65. The Bertz CT molecular complexity index is 1120. The molecule has 0 aliphatic heterocycles. The molecule has 0 saturated heterocycles. The van der Waals surface area contributed by atoms with Crippen LogP contribution in [0.15, 0.2) is 48.8 Å². The highest BCUT2D eigenvalue weighted by atomic mass is 32.1. The molecule has 27 heavy (non-hydrogen) atoms. The van der Waals surface area contributed by atoms with Crippen LogP contribution >= 0.6 is 11.3 Å². The zero-order valence-corrected chi connectivity index (χ0v) is 15.6. The molecule has 7 heteroatoms. The Morgan fingerprint density at radius 1 is 1.19 bits per heavy atom. The standard InChI is InChI=1S/C20H19N5OS/c1-2-13-14-9-16(18(21)11-4-3-5-12(26)8-11)24-10-17(14)27-19(13)15-6-7-23-20(22)25-15/h3-10,18,26H,2,21H2,1H3,(H2,22,23,25). The van der Waals surface area contributed by atoms with Crippen LogP contribution in [0.25, 0.3) is 20.7 Å². The highest BCUT2D eigenvalue weighted by Gasteiger charge is 2.17. The van der Waals surface area contributed by atoms with Crippen LogP contribution in [0.2, 0.25) is 0 Å². The summed E-state index contributed by atoms with van der Waals surface area (Å²) in [5.74, 6) is 0.453. The van der Waals surface area contributed by atoms with Gasteiger partial charge in [0.05, 0.1) is 27.0 Å². The van der Waals surface area contributed by atoms with E-state index in [1.165, 1.54) is 5.56 Å². The number of benzene rings is 1. The Morgan fingerprint density at radius 3 is 2.78 bits per heavy atom. The van der Waals surface area contributed by atoms with Gasteiger partial charge in [-0.3, -0.25) is 4.98 Å². The third-order valence-electron chi connectivity index (χ3n) is 4.51. The summed E-state index contributed by atoms with van der Waals surface area (Å²) in [4.78, 5) is 14.0. The molecule has 6 nitrogen and oxygen atoms in total. The molecule has 0 aliphatic rings. The maximum absolute atomic E-state index is 9.72. The number of fused-ring (bicyclic) bond motifs is 1. The first kappa shape index (κ1) is 17.4. The molecule has 0 fully saturated rings. The predicted molar refractivity (Wildman–Crippen MR) is 109 cm³/mol. The monoisotopic (exact) mass is 377 g/mol. The van der Waals surface area contributed by atoms with Crippen molar-refractivity contribution in [2.75, 3.05) is 5.73 Å². The summed E-state index contributed by atoms with van der Waals surface area (Å²) >= 11 is 1.64. The van der Waals surface area contributed by atoms with Gasteiger partial charge in [0, 0.05) is 12.4 Å². The van der Waals surface area contributed by atoms with E-state index in [1.54, 1.807) is 35.7 Å². The van der Waals surface area contributed by atoms with Crippen molar-refractivity contribution in [3.05, 3.63) is 65.6 Å². The molecule has 4 rings (SSSR count). The number of thiophene rings is 1. The lowest BCUT2D eigenvalue weighted by Gasteiger charge is -2.12. The molecule has 0 radical (unpaired) electrons. The molecule has 3 heterocycles. The molecule has 0 spiro atoms. The Balaban J connectivity index is 1.82. The largest absolute Gasteiger partial charge is 0.508 e. The first-order valence-electron chi connectivity index (χ1n) is 8.61. The van der Waals surface area contributed by atoms with Crippen molar-refractivity contribution in [1.82, 2.24) is 15.0 Å². The van der Waals surface area contributed by atoms with Crippen molar-refractivity contribution in [1.29, 1.82) is 0 Å². The number of hydrogen-bond acceptors (Lipinski definition) is 7. The number of aromatic nitrogens is 3. The molecule has 0 bridgehead atoms. The van der Waals surface area contributed by atoms with Crippen molar-refractivity contribution in [3.63, 3.8) is 0 Å². The number of nitrogens with zero attached hydrogens (tertiary/aromatic N) is 3. The quantitative estimate of drug-likeness (QED) is 0.500. The Hall–Kier alpha value is -3.03. The lowest BCUT2D eigenvalue weighted by atomic mass is 10.0. The van der Waals surface area contributed by atoms with Crippen molar-refractivity contribution >= 4 is 27.4 Å². The lowest BCUT2D eigenvalue weighted by molar-refractivity contribution is 0.474. The van der Waals surface area contributed by atoms with Gasteiger partial charge in [0.15, 0.2) is 0 Å². The fourth-order valence-electron chi connectivity index (χ4n) is 3.19. The van der Waals surface area contributed by atoms with Gasteiger partial charge in [-0.15, -0.1) is 11.3 Å². The number of pyridine rings is 1. The smallest absolute Gasteiger partial charge is 0.220 e. The fraction of sp³-hybridized carbons (Fsp3) is 0.150. The highest BCUT2D eigenvalue weighted by molar-refractivity contribution is 7.22. The van der Waals surface area contributed by atoms with Gasteiger partial charge in [0.2, 0.25) is 5.95 Å². The maximum Gasteiger partial charge on any atom is 0.220 e. The van der Waals surface area contributed by atoms with E-state index in [-0.39, 0.29) is 11.7 Å². The van der Waals surface area contributed by atoms with Crippen LogP contribution in [0.3, 0.4) is 0 Å². The molecule has 1 unspecified atom stereocenters. The first-order chi connectivity index (χ1) is 13.1. The van der Waals surface area contributed by atoms with Crippen LogP contribution in [-0.2, 0) is 6.42 Å². The van der Waals surface area contributed by atoms with Gasteiger partial charge in [-0.2, -0.15) is 0 Å². The van der Waals surface area contributed by atoms with E-state index in [9.17, 15) is 5.11 Å². The second-order valence-corrected chi connectivity index (χ2v) is 7.29. The van der Waals surface area contributed by atoms with Crippen LogP contribution in [0.4, 0.5) is 5.95 Å². The number of rotatable bonds is 4. The lowest BCUT2D eigenvalue weighted by Crippen LogP contribution is -2.13. The summed E-state index contributed by atoms with van der Waals surface area (Å²) in [5.41, 5.74) is 15.7. The Kier molecular flexibility index (Phi) is 4.47. The van der Waals surface area contributed by atoms with E-state index in [0.717, 1.165) is 38.3 Å². The first-order valence-corrected chi connectivity index (χ1v) is 9.43. The average molecular weight is 377 g/mol. The summed E-state index contributed by atoms with van der Waals surface area (Å²) in [6.07, 6.45) is 4.37. The van der Waals surface area contributed by atoms with E-state index in [4.69, 9.17) is 11.5 Å². The summed E-state index contributed by atoms with van der Waals surface area (Å²) < 4.78 is 1.07. The maximum atomic E-state index is 9.72. The summed E-state index contributed by atoms with van der Waals surface area (Å²) in [7, 11) is 0. The minimum atomic E-state index is -0.413. The van der Waals surface area contributed by atoms with E-state index in [1.807, 2.05) is 24.4 Å². The molecule has 5 N–H and O–H groups in total. The molecule has 1 atom stereocenters. The number of aryl methyl sites for hydroxylation is 1. The van der Waals surface area contributed by atoms with Crippen LogP contribution < -0.4 is 11.5 Å².